The number of hydrogen-bond donors (Lipinski definition) is 0. The Balaban J connectivity index is 0.000000810. The maximum absolute atomic E-state index is 2.04. The van der Waals surface area contributed by atoms with Crippen LogP contribution in [0.25, 0.3) is 0 Å². The van der Waals surface area contributed by atoms with Gasteiger partial charge in [-0.05, 0) is 10.8 Å². The molecule has 0 aliphatic rings. The Kier molecular flexibility index (Phi) is 6.98. The molecule has 0 unspecified atom stereocenters. The van der Waals surface area contributed by atoms with Crippen LogP contribution in [0, 0.1) is 0 Å². The summed E-state index contributed by atoms with van der Waals surface area (Å²) >= 11 is 1.68. The minimum absolute atomic E-state index is 0. The van der Waals surface area contributed by atoms with Crippen molar-refractivity contribution in [2.24, 2.45) is 0 Å². The molecule has 0 aromatic carbocycles. The van der Waals surface area contributed by atoms with Gasteiger partial charge in [-0.1, -0.05) is 36.4 Å². The Morgan fingerprint density at radius 3 is 1.50 bits per heavy atom. The average Bonchev–Trinajstić information content (AvgIpc) is 2.00. The molecule has 0 N–H and O–H groups in total. The van der Waals surface area contributed by atoms with E-state index < -0.39 is 0 Å². The third-order valence-corrected chi connectivity index (χ3v) is 1.50. The molecule has 0 nitrogen and oxygen atoms in total. The fourth-order valence-corrected chi connectivity index (χ4v) is 0.937. The van der Waals surface area contributed by atoms with Gasteiger partial charge in [0.2, 0.25) is 0 Å². The summed E-state index contributed by atoms with van der Waals surface area (Å²) < 4.78 is 0. The molecular weight excluding hydrogens is 325 g/mol. The predicted octanol–water partition coefficient (Wildman–Crippen LogP) is 2.87. The SMILES string of the molecule is [Au].c1ccccsccc1. The molecule has 0 bridgehead atoms. The monoisotopic (exact) mass is 333 g/mol. The molecule has 0 spiro atoms. The summed E-state index contributed by atoms with van der Waals surface area (Å²) in [6.45, 7) is 0. The second-order valence-electron chi connectivity index (χ2n) is 1.56. The minimum atomic E-state index is 0. The first-order chi connectivity index (χ1) is 4.50. The summed E-state index contributed by atoms with van der Waals surface area (Å²) in [4.78, 5) is 0. The van der Waals surface area contributed by atoms with Crippen molar-refractivity contribution in [1.82, 2.24) is 0 Å². The van der Waals surface area contributed by atoms with Crippen LogP contribution < -0.4 is 0 Å². The van der Waals surface area contributed by atoms with Gasteiger partial charge in [0, 0.05) is 22.4 Å². The molecule has 1 aromatic rings. The van der Waals surface area contributed by atoms with Crippen LogP contribution >= 0.6 is 11.3 Å². The van der Waals surface area contributed by atoms with Gasteiger partial charge >= 0.3 is 0 Å². The minimum Gasteiger partial charge on any atom is -0.152 e. The summed E-state index contributed by atoms with van der Waals surface area (Å²) in [6, 6.07) is 12.1. The summed E-state index contributed by atoms with van der Waals surface area (Å²) in [6.07, 6.45) is 0. The zero-order chi connectivity index (χ0) is 6.36. The van der Waals surface area contributed by atoms with E-state index in [0.717, 1.165) is 0 Å². The van der Waals surface area contributed by atoms with E-state index in [4.69, 9.17) is 0 Å². The van der Waals surface area contributed by atoms with Crippen molar-refractivity contribution in [2.45, 2.75) is 0 Å². The largest absolute Gasteiger partial charge is 0.152 e. The molecule has 0 atom stereocenters. The zero-order valence-electron chi connectivity index (χ0n) is 5.33. The van der Waals surface area contributed by atoms with Gasteiger partial charge in [0.05, 0.1) is 0 Å². The van der Waals surface area contributed by atoms with Crippen molar-refractivity contribution in [1.29, 1.82) is 0 Å². The van der Waals surface area contributed by atoms with E-state index >= 15 is 0 Å². The molecule has 1 rings (SSSR count). The maximum atomic E-state index is 2.04. The van der Waals surface area contributed by atoms with Crippen LogP contribution in [0.2, 0.25) is 0 Å². The third kappa shape index (κ3) is 4.77. The van der Waals surface area contributed by atoms with Gasteiger partial charge in [0.1, 0.15) is 0 Å². The quantitative estimate of drug-likeness (QED) is 0.641. The van der Waals surface area contributed by atoms with Crippen LogP contribution in [0.3, 0.4) is 0 Å². The van der Waals surface area contributed by atoms with E-state index in [1.165, 1.54) is 0 Å². The molecule has 57 valence electrons. The Morgan fingerprint density at radius 2 is 1.00 bits per heavy atom. The molecule has 1 radical (unpaired) electrons. The fourth-order valence-electron chi connectivity index (χ4n) is 0.483. The van der Waals surface area contributed by atoms with Crippen LogP contribution in [0.4, 0.5) is 0 Å². The topological polar surface area (TPSA) is 0 Å². The Bertz CT molecular complexity index is 131. The van der Waals surface area contributed by atoms with E-state index in [1.807, 2.05) is 47.2 Å². The second-order valence-corrected chi connectivity index (χ2v) is 2.38. The molecular formula is C8H8AuS. The Hall–Kier alpha value is -0.0797. The summed E-state index contributed by atoms with van der Waals surface area (Å²) in [7, 11) is 0. The van der Waals surface area contributed by atoms with Gasteiger partial charge in [-0.15, -0.1) is 0 Å². The van der Waals surface area contributed by atoms with E-state index in [1.54, 1.807) is 11.3 Å². The molecule has 1 aromatic heterocycles. The van der Waals surface area contributed by atoms with Crippen LogP contribution in [0.5, 0.6) is 0 Å². The van der Waals surface area contributed by atoms with Gasteiger partial charge < -0.3 is 0 Å². The van der Waals surface area contributed by atoms with Crippen molar-refractivity contribution in [3.05, 3.63) is 47.2 Å². The van der Waals surface area contributed by atoms with Crippen molar-refractivity contribution in [3.63, 3.8) is 0 Å². The summed E-state index contributed by atoms with van der Waals surface area (Å²) in [5, 5.41) is 4.08. The van der Waals surface area contributed by atoms with Gasteiger partial charge in [-0.2, -0.15) is 11.3 Å². The number of hydrogen-bond acceptors (Lipinski definition) is 1. The summed E-state index contributed by atoms with van der Waals surface area (Å²) in [5.74, 6) is 0. The van der Waals surface area contributed by atoms with Crippen molar-refractivity contribution in [2.75, 3.05) is 0 Å². The predicted molar refractivity (Wildman–Crippen MR) is 41.9 cm³/mol. The van der Waals surface area contributed by atoms with Crippen LogP contribution in [-0.4, -0.2) is 0 Å². The Morgan fingerprint density at radius 1 is 0.600 bits per heavy atom. The normalized spacial score (nSPS) is 7.20. The van der Waals surface area contributed by atoms with E-state index in [0.29, 0.717) is 0 Å². The first-order valence-electron chi connectivity index (χ1n) is 2.80. The molecule has 0 aliphatic carbocycles. The molecule has 0 amide bonds. The maximum Gasteiger partial charge on any atom is 0 e. The van der Waals surface area contributed by atoms with Gasteiger partial charge in [-0.25, -0.2) is 0 Å². The molecule has 0 saturated carbocycles. The van der Waals surface area contributed by atoms with E-state index in [2.05, 4.69) is 0 Å². The molecule has 0 saturated heterocycles. The zero-order valence-corrected chi connectivity index (χ0v) is 8.31. The van der Waals surface area contributed by atoms with Crippen molar-refractivity contribution >= 4 is 11.3 Å². The van der Waals surface area contributed by atoms with Crippen LogP contribution in [-0.2, 0) is 22.4 Å². The first kappa shape index (κ1) is 9.92. The number of rotatable bonds is 0. The standard InChI is InChI=1S/C8H8S.Au/c1-2-4-6-8-9-7-5-3-1;/h1-8H;. The van der Waals surface area contributed by atoms with Crippen molar-refractivity contribution < 1.29 is 22.4 Å². The van der Waals surface area contributed by atoms with E-state index in [9.17, 15) is 0 Å². The summed E-state index contributed by atoms with van der Waals surface area (Å²) in [5.41, 5.74) is 0. The molecule has 0 aliphatic heterocycles. The van der Waals surface area contributed by atoms with Crippen LogP contribution in [0.1, 0.15) is 0 Å². The third-order valence-electron chi connectivity index (χ3n) is 0.870. The molecule has 2 heteroatoms. The van der Waals surface area contributed by atoms with Crippen molar-refractivity contribution in [3.8, 4) is 0 Å². The van der Waals surface area contributed by atoms with Gasteiger partial charge in [-0.3, -0.25) is 0 Å². The molecule has 1 heterocycles. The smallest absolute Gasteiger partial charge is 0 e. The first-order valence-corrected chi connectivity index (χ1v) is 3.75. The molecule has 0 fully saturated rings. The molecule has 10 heavy (non-hydrogen) atoms. The second kappa shape index (κ2) is 7.03. The fraction of sp³-hybridized carbons (Fsp3) is 0. The van der Waals surface area contributed by atoms with Crippen LogP contribution in [0.15, 0.2) is 47.2 Å². The van der Waals surface area contributed by atoms with Gasteiger partial charge in [0.15, 0.2) is 0 Å². The van der Waals surface area contributed by atoms with E-state index in [-0.39, 0.29) is 22.4 Å². The Labute approximate surface area is 80.7 Å². The van der Waals surface area contributed by atoms with Gasteiger partial charge in [0.25, 0.3) is 0 Å². The average molecular weight is 333 g/mol.